The number of fused-ring (bicyclic) bond motifs is 3. The number of aryl methyl sites for hydroxylation is 2. The molecule has 6 rings (SSSR count). The van der Waals surface area contributed by atoms with Gasteiger partial charge in [-0.1, -0.05) is 5.16 Å². The van der Waals surface area contributed by atoms with Crippen molar-refractivity contribution < 1.29 is 18.4 Å². The van der Waals surface area contributed by atoms with Gasteiger partial charge in [0, 0.05) is 16.7 Å². The monoisotopic (exact) mass is 392 g/mol. The van der Waals surface area contributed by atoms with Crippen LogP contribution in [0.3, 0.4) is 0 Å². The zero-order chi connectivity index (χ0) is 19.5. The van der Waals surface area contributed by atoms with Crippen LogP contribution < -0.4 is 9.47 Å². The molecule has 1 atom stereocenters. The van der Waals surface area contributed by atoms with Crippen LogP contribution in [-0.2, 0) is 12.8 Å². The van der Waals surface area contributed by atoms with E-state index in [9.17, 15) is 4.39 Å². The highest BCUT2D eigenvalue weighted by Crippen LogP contribution is 2.41. The highest BCUT2D eigenvalue weighted by atomic mass is 19.1. The number of hydrogen-bond donors (Lipinski definition) is 0. The molecule has 146 valence electrons. The maximum atomic E-state index is 14.7. The predicted molar refractivity (Wildman–Crippen MR) is 101 cm³/mol. The van der Waals surface area contributed by atoms with Crippen LogP contribution in [0.4, 0.5) is 4.39 Å². The molecule has 29 heavy (non-hydrogen) atoms. The molecule has 1 aromatic carbocycles. The van der Waals surface area contributed by atoms with E-state index >= 15 is 0 Å². The van der Waals surface area contributed by atoms with Crippen molar-refractivity contribution in [2.75, 3.05) is 13.2 Å². The van der Waals surface area contributed by atoms with Gasteiger partial charge in [-0.25, -0.2) is 4.39 Å². The van der Waals surface area contributed by atoms with Crippen LogP contribution in [0.2, 0.25) is 0 Å². The van der Waals surface area contributed by atoms with Crippen molar-refractivity contribution in [2.45, 2.75) is 25.7 Å². The number of nitrogens with zero attached hydrogens (tertiary/aromatic N) is 4. The van der Waals surface area contributed by atoms with Gasteiger partial charge in [-0.2, -0.15) is 0 Å². The minimum atomic E-state index is -0.195. The lowest BCUT2D eigenvalue weighted by atomic mass is 9.93. The van der Waals surface area contributed by atoms with Gasteiger partial charge < -0.3 is 14.0 Å². The minimum Gasteiger partial charge on any atom is -0.493 e. The molecule has 0 saturated heterocycles. The Balaban J connectivity index is 1.54. The third kappa shape index (κ3) is 2.38. The summed E-state index contributed by atoms with van der Waals surface area (Å²) in [5.74, 6) is 1.30. The average Bonchev–Trinajstić information content (AvgIpc) is 3.45. The lowest BCUT2D eigenvalue weighted by Crippen LogP contribution is -2.13. The first-order valence-corrected chi connectivity index (χ1v) is 9.54. The van der Waals surface area contributed by atoms with Crippen molar-refractivity contribution in [1.82, 2.24) is 19.8 Å². The van der Waals surface area contributed by atoms with Gasteiger partial charge in [-0.3, -0.25) is 4.40 Å². The summed E-state index contributed by atoms with van der Waals surface area (Å²) < 4.78 is 33.8. The Hall–Kier alpha value is -3.42. The van der Waals surface area contributed by atoms with E-state index in [1.807, 2.05) is 17.4 Å². The standard InChI is InChI=1S/C21H17FN4O3/c1-11-15(9-29-25-11)14-6-19-17(26-10-23-24-21(14)26)4-2-13-16(22)3-5-18-20(13)12(7-27-18)8-28-19/h3,5-6,9-10,12H,2,4,7-8H2,1H3/t12-/m1/s1. The highest BCUT2D eigenvalue weighted by molar-refractivity contribution is 5.79. The van der Waals surface area contributed by atoms with E-state index in [2.05, 4.69) is 15.4 Å². The van der Waals surface area contributed by atoms with Gasteiger partial charge in [-0.05, 0) is 43.5 Å². The number of halogens is 1. The zero-order valence-electron chi connectivity index (χ0n) is 15.7. The molecule has 0 radical (unpaired) electrons. The summed E-state index contributed by atoms with van der Waals surface area (Å²) in [6.45, 7) is 2.78. The normalized spacial score (nSPS) is 17.7. The maximum absolute atomic E-state index is 14.7. The van der Waals surface area contributed by atoms with E-state index in [-0.39, 0.29) is 11.7 Å². The van der Waals surface area contributed by atoms with E-state index < -0.39 is 0 Å². The summed E-state index contributed by atoms with van der Waals surface area (Å²) in [6.07, 6.45) is 4.40. The Bertz CT molecular complexity index is 1260. The molecule has 0 spiro atoms. The fraction of sp³-hybridized carbons (Fsp3) is 0.286. The Morgan fingerprint density at radius 3 is 2.79 bits per heavy atom. The van der Waals surface area contributed by atoms with Crippen molar-refractivity contribution in [3.05, 3.63) is 59.1 Å². The van der Waals surface area contributed by atoms with Gasteiger partial charge in [0.15, 0.2) is 5.65 Å². The zero-order valence-corrected chi connectivity index (χ0v) is 15.7. The van der Waals surface area contributed by atoms with E-state index in [0.717, 1.165) is 39.6 Å². The Morgan fingerprint density at radius 1 is 1.10 bits per heavy atom. The number of aromatic nitrogens is 4. The Labute approximate surface area is 165 Å². The lowest BCUT2D eigenvalue weighted by Gasteiger charge is -2.15. The van der Waals surface area contributed by atoms with Crippen LogP contribution in [0.1, 0.15) is 28.4 Å². The van der Waals surface area contributed by atoms with Crippen molar-refractivity contribution in [3.8, 4) is 22.6 Å². The first kappa shape index (κ1) is 16.5. The molecule has 0 saturated carbocycles. The van der Waals surface area contributed by atoms with Gasteiger partial charge in [-0.15, -0.1) is 10.2 Å². The average molecular weight is 392 g/mol. The highest BCUT2D eigenvalue weighted by Gasteiger charge is 2.31. The lowest BCUT2D eigenvalue weighted by molar-refractivity contribution is 0.246. The molecule has 0 aliphatic carbocycles. The summed E-state index contributed by atoms with van der Waals surface area (Å²) in [4.78, 5) is 0. The maximum Gasteiger partial charge on any atom is 0.169 e. The molecule has 0 N–H and O–H groups in total. The number of ether oxygens (including phenoxy) is 2. The first-order chi connectivity index (χ1) is 14.2. The predicted octanol–water partition coefficient (Wildman–Crippen LogP) is 3.49. The van der Waals surface area contributed by atoms with Crippen molar-refractivity contribution in [2.24, 2.45) is 0 Å². The first-order valence-electron chi connectivity index (χ1n) is 9.54. The third-order valence-electron chi connectivity index (χ3n) is 5.84. The van der Waals surface area contributed by atoms with Crippen LogP contribution in [0, 0.1) is 12.7 Å². The summed E-state index contributed by atoms with van der Waals surface area (Å²) in [5.41, 5.74) is 5.71. The second kappa shape index (κ2) is 6.04. The van der Waals surface area contributed by atoms with Gasteiger partial charge in [0.2, 0.25) is 0 Å². The van der Waals surface area contributed by atoms with Gasteiger partial charge in [0.05, 0.1) is 30.5 Å². The molecular weight excluding hydrogens is 375 g/mol. The molecule has 8 heteroatoms. The minimum absolute atomic E-state index is 0.000891. The largest absolute Gasteiger partial charge is 0.493 e. The molecule has 7 nitrogen and oxygen atoms in total. The van der Waals surface area contributed by atoms with Crippen LogP contribution in [0.15, 0.2) is 35.3 Å². The molecule has 0 amide bonds. The molecule has 0 fully saturated rings. The molecule has 5 heterocycles. The van der Waals surface area contributed by atoms with Crippen LogP contribution in [0.25, 0.3) is 16.8 Å². The summed E-state index contributed by atoms with van der Waals surface area (Å²) in [7, 11) is 0. The SMILES string of the molecule is Cc1nocc1-c1cc2c(n3cnnc13)CCc1c(F)ccc3c1[C@H](CO3)CO2. The van der Waals surface area contributed by atoms with Gasteiger partial charge >= 0.3 is 0 Å². The van der Waals surface area contributed by atoms with Crippen LogP contribution >= 0.6 is 0 Å². The quantitative estimate of drug-likeness (QED) is 0.494. The summed E-state index contributed by atoms with van der Waals surface area (Å²) in [5, 5.41) is 12.4. The Morgan fingerprint density at radius 2 is 1.97 bits per heavy atom. The third-order valence-corrected chi connectivity index (χ3v) is 5.84. The summed E-state index contributed by atoms with van der Waals surface area (Å²) in [6, 6.07) is 5.16. The van der Waals surface area contributed by atoms with E-state index in [1.165, 1.54) is 6.07 Å². The smallest absolute Gasteiger partial charge is 0.169 e. The molecule has 0 unspecified atom stereocenters. The fourth-order valence-corrected chi connectivity index (χ4v) is 4.41. The van der Waals surface area contributed by atoms with Crippen molar-refractivity contribution in [3.63, 3.8) is 0 Å². The van der Waals surface area contributed by atoms with E-state index in [0.29, 0.717) is 37.3 Å². The Kier molecular flexibility index (Phi) is 3.44. The van der Waals surface area contributed by atoms with Crippen LogP contribution in [-0.4, -0.2) is 33.0 Å². The molecule has 4 aromatic rings. The van der Waals surface area contributed by atoms with E-state index in [1.54, 1.807) is 18.7 Å². The van der Waals surface area contributed by atoms with Crippen molar-refractivity contribution in [1.29, 1.82) is 0 Å². The fourth-order valence-electron chi connectivity index (χ4n) is 4.41. The van der Waals surface area contributed by atoms with Crippen LogP contribution in [0.5, 0.6) is 11.5 Å². The second-order valence-electron chi connectivity index (χ2n) is 7.46. The number of rotatable bonds is 1. The molecule has 2 aliphatic heterocycles. The molecule has 2 aliphatic rings. The van der Waals surface area contributed by atoms with Gasteiger partial charge in [0.1, 0.15) is 29.9 Å². The topological polar surface area (TPSA) is 74.7 Å². The molecular formula is C21H17FN4O3. The molecule has 3 aromatic heterocycles. The number of hydrogen-bond acceptors (Lipinski definition) is 6. The molecule has 0 bridgehead atoms. The van der Waals surface area contributed by atoms with Crippen molar-refractivity contribution >= 4 is 5.65 Å². The van der Waals surface area contributed by atoms with Gasteiger partial charge in [0.25, 0.3) is 0 Å². The second-order valence-corrected chi connectivity index (χ2v) is 7.46. The summed E-state index contributed by atoms with van der Waals surface area (Å²) >= 11 is 0. The van der Waals surface area contributed by atoms with E-state index in [4.69, 9.17) is 14.0 Å². The number of pyridine rings is 1. The number of benzene rings is 1.